The highest BCUT2D eigenvalue weighted by Gasteiger charge is 2.52. The van der Waals surface area contributed by atoms with Crippen LogP contribution >= 0.6 is 0 Å². The average Bonchev–Trinajstić information content (AvgIpc) is 2.76. The molecule has 4 nitrogen and oxygen atoms in total. The van der Waals surface area contributed by atoms with E-state index >= 15 is 0 Å². The van der Waals surface area contributed by atoms with Crippen LogP contribution in [0.1, 0.15) is 24.0 Å². The fraction of sp³-hybridized carbons (Fsp3) is 0.360. The Labute approximate surface area is 172 Å². The minimum atomic E-state index is -0.108. The Hall–Kier alpha value is -2.72. The smallest absolute Gasteiger partial charge is 0.173 e. The maximum absolute atomic E-state index is 6.50. The van der Waals surface area contributed by atoms with Crippen LogP contribution in [-0.2, 0) is 16.6 Å². The van der Waals surface area contributed by atoms with Crippen molar-refractivity contribution in [2.75, 3.05) is 27.8 Å². The number of fused-ring (bicyclic) bond motifs is 1. The van der Waals surface area contributed by atoms with Gasteiger partial charge in [0.05, 0.1) is 20.0 Å². The van der Waals surface area contributed by atoms with Crippen LogP contribution in [0.5, 0.6) is 17.2 Å². The third kappa shape index (κ3) is 2.77. The number of hydrogen-bond acceptors (Lipinski definition) is 4. The van der Waals surface area contributed by atoms with Gasteiger partial charge < -0.3 is 14.2 Å². The lowest BCUT2D eigenvalue weighted by atomic mass is 9.57. The number of hydrogen-bond donors (Lipinski definition) is 0. The number of methoxy groups -OCH3 is 2. The molecule has 0 aromatic heterocycles. The van der Waals surface area contributed by atoms with Crippen LogP contribution in [0.2, 0.25) is 0 Å². The summed E-state index contributed by atoms with van der Waals surface area (Å²) in [4.78, 5) is 2.49. The molecule has 2 aromatic carbocycles. The van der Waals surface area contributed by atoms with Gasteiger partial charge in [-0.15, -0.1) is 0 Å². The Kier molecular flexibility index (Phi) is 4.39. The largest absolute Gasteiger partial charge is 0.501 e. The molecule has 4 heteroatoms. The highest BCUT2D eigenvalue weighted by Crippen LogP contribution is 2.58. The van der Waals surface area contributed by atoms with Gasteiger partial charge in [0.2, 0.25) is 0 Å². The summed E-state index contributed by atoms with van der Waals surface area (Å²) in [6, 6.07) is 14.7. The second-order valence-corrected chi connectivity index (χ2v) is 8.21. The molecule has 2 aromatic rings. The van der Waals surface area contributed by atoms with Crippen molar-refractivity contribution >= 4 is 0 Å². The maximum atomic E-state index is 6.50. The van der Waals surface area contributed by atoms with Crippen molar-refractivity contribution in [3.05, 3.63) is 77.1 Å². The van der Waals surface area contributed by atoms with E-state index < -0.39 is 0 Å². The Morgan fingerprint density at radius 1 is 1.00 bits per heavy atom. The number of benzene rings is 2. The van der Waals surface area contributed by atoms with Gasteiger partial charge in [-0.05, 0) is 61.8 Å². The van der Waals surface area contributed by atoms with Crippen LogP contribution in [0.25, 0.3) is 0 Å². The number of allylic oxidation sites excluding steroid dienone is 3. The Morgan fingerprint density at radius 2 is 1.83 bits per heavy atom. The van der Waals surface area contributed by atoms with Crippen molar-refractivity contribution in [1.82, 2.24) is 4.90 Å². The van der Waals surface area contributed by atoms with Crippen LogP contribution in [0.15, 0.2) is 65.9 Å². The summed E-state index contributed by atoms with van der Waals surface area (Å²) >= 11 is 0. The predicted molar refractivity (Wildman–Crippen MR) is 114 cm³/mol. The molecule has 1 aliphatic heterocycles. The van der Waals surface area contributed by atoms with E-state index in [1.807, 2.05) is 36.4 Å². The Morgan fingerprint density at radius 3 is 2.59 bits per heavy atom. The number of likely N-dealkylation sites (tertiary alicyclic amines) is 1. The Bertz CT molecular complexity index is 995. The highest BCUT2D eigenvalue weighted by atomic mass is 16.5. The van der Waals surface area contributed by atoms with Crippen molar-refractivity contribution < 1.29 is 14.2 Å². The summed E-state index contributed by atoms with van der Waals surface area (Å²) in [7, 11) is 5.72. The molecule has 0 saturated carbocycles. The second kappa shape index (κ2) is 6.96. The van der Waals surface area contributed by atoms with Gasteiger partial charge in [0, 0.05) is 23.4 Å². The van der Waals surface area contributed by atoms with Crippen LogP contribution < -0.4 is 9.47 Å². The fourth-order valence-electron chi connectivity index (χ4n) is 5.36. The summed E-state index contributed by atoms with van der Waals surface area (Å²) in [5.74, 6) is 3.49. The number of ether oxygens (including phenoxy) is 3. The molecule has 0 amide bonds. The van der Waals surface area contributed by atoms with Crippen LogP contribution in [0.3, 0.4) is 0 Å². The summed E-state index contributed by atoms with van der Waals surface area (Å²) < 4.78 is 18.0. The van der Waals surface area contributed by atoms with Gasteiger partial charge in [0.25, 0.3) is 0 Å². The first-order valence-corrected chi connectivity index (χ1v) is 10.2. The summed E-state index contributed by atoms with van der Waals surface area (Å²) in [5, 5.41) is 0. The van der Waals surface area contributed by atoms with Gasteiger partial charge in [-0.25, -0.2) is 0 Å². The molecule has 2 atom stereocenters. The first-order valence-electron chi connectivity index (χ1n) is 10.2. The van der Waals surface area contributed by atoms with E-state index in [1.54, 1.807) is 14.2 Å². The summed E-state index contributed by atoms with van der Waals surface area (Å²) in [6.45, 7) is 1.06. The zero-order valence-corrected chi connectivity index (χ0v) is 17.3. The minimum Gasteiger partial charge on any atom is -0.501 e. The fourth-order valence-corrected chi connectivity index (χ4v) is 5.36. The molecule has 0 unspecified atom stereocenters. The van der Waals surface area contributed by atoms with Gasteiger partial charge in [-0.2, -0.15) is 0 Å². The minimum absolute atomic E-state index is 0.108. The molecule has 0 radical (unpaired) electrons. The average molecular weight is 389 g/mol. The standard InChI is InChI=1S/C25H27NO3/c1-26-14-13-25-16-19(27-2)10-11-20(25)21(26)15-17-9-12-22(28-3)24(23(17)25)29-18-7-5-4-6-8-18/h4-12,21H,13-16H2,1-3H3/t21-,25+/m1/s1. The number of likely N-dealkylation sites (N-methyl/N-ethyl adjacent to an activating group) is 1. The lowest BCUT2D eigenvalue weighted by Gasteiger charge is -2.54. The summed E-state index contributed by atoms with van der Waals surface area (Å²) in [6.07, 6.45) is 7.33. The lowest BCUT2D eigenvalue weighted by molar-refractivity contribution is 0.147. The first kappa shape index (κ1) is 18.3. The van der Waals surface area contributed by atoms with Gasteiger partial charge in [0.15, 0.2) is 11.5 Å². The lowest BCUT2D eigenvalue weighted by Crippen LogP contribution is -2.54. The van der Waals surface area contributed by atoms with E-state index in [0.717, 1.165) is 48.8 Å². The van der Waals surface area contributed by atoms with Crippen LogP contribution in [0.4, 0.5) is 0 Å². The van der Waals surface area contributed by atoms with Crippen molar-refractivity contribution in [1.29, 1.82) is 0 Å². The molecule has 2 aliphatic carbocycles. The molecular formula is C25H27NO3. The zero-order chi connectivity index (χ0) is 20.0. The topological polar surface area (TPSA) is 30.9 Å². The molecule has 2 bridgehead atoms. The molecule has 29 heavy (non-hydrogen) atoms. The van der Waals surface area contributed by atoms with Gasteiger partial charge in [-0.3, -0.25) is 4.90 Å². The number of piperidine rings is 1. The van der Waals surface area contributed by atoms with Crippen molar-refractivity contribution in [2.24, 2.45) is 0 Å². The maximum Gasteiger partial charge on any atom is 0.173 e. The van der Waals surface area contributed by atoms with E-state index in [9.17, 15) is 0 Å². The number of nitrogens with zero attached hydrogens (tertiary/aromatic N) is 1. The van der Waals surface area contributed by atoms with Gasteiger partial charge >= 0.3 is 0 Å². The van der Waals surface area contributed by atoms with Gasteiger partial charge in [0.1, 0.15) is 5.75 Å². The van der Waals surface area contributed by atoms with E-state index in [1.165, 1.54) is 16.7 Å². The summed E-state index contributed by atoms with van der Waals surface area (Å²) in [5.41, 5.74) is 4.00. The first-order chi connectivity index (χ1) is 14.2. The highest BCUT2D eigenvalue weighted by molar-refractivity contribution is 5.63. The van der Waals surface area contributed by atoms with Crippen molar-refractivity contribution in [3.63, 3.8) is 0 Å². The molecular weight excluding hydrogens is 362 g/mol. The quantitative estimate of drug-likeness (QED) is 0.748. The molecule has 5 rings (SSSR count). The van der Waals surface area contributed by atoms with E-state index in [0.29, 0.717) is 6.04 Å². The predicted octanol–water partition coefficient (Wildman–Crippen LogP) is 4.85. The van der Waals surface area contributed by atoms with E-state index in [-0.39, 0.29) is 5.41 Å². The SMILES string of the molecule is COC1=CC=C2[C@H]3Cc4ccc(OC)c(Oc5ccccc5)c4[C@@]2(CCN3C)C1. The van der Waals surface area contributed by atoms with Crippen LogP contribution in [0, 0.1) is 0 Å². The second-order valence-electron chi connectivity index (χ2n) is 8.21. The molecule has 0 spiro atoms. The third-order valence-electron chi connectivity index (χ3n) is 6.80. The monoisotopic (exact) mass is 389 g/mol. The normalized spacial score (nSPS) is 25.3. The van der Waals surface area contributed by atoms with E-state index in [2.05, 4.69) is 30.2 Å². The molecule has 3 aliphatic rings. The molecule has 1 saturated heterocycles. The molecule has 1 fully saturated rings. The molecule has 150 valence electrons. The van der Waals surface area contributed by atoms with E-state index in [4.69, 9.17) is 14.2 Å². The van der Waals surface area contributed by atoms with Crippen molar-refractivity contribution in [3.8, 4) is 17.2 Å². The molecule has 0 N–H and O–H groups in total. The Balaban J connectivity index is 1.73. The number of para-hydroxylation sites is 1. The van der Waals surface area contributed by atoms with Crippen LogP contribution in [-0.4, -0.2) is 38.8 Å². The number of rotatable bonds is 4. The third-order valence-corrected chi connectivity index (χ3v) is 6.80. The zero-order valence-electron chi connectivity index (χ0n) is 17.3. The van der Waals surface area contributed by atoms with Crippen molar-refractivity contribution in [2.45, 2.75) is 30.7 Å². The van der Waals surface area contributed by atoms with Gasteiger partial charge in [-0.1, -0.05) is 30.3 Å². The molecule has 1 heterocycles.